The molecule has 1 aliphatic heterocycles. The van der Waals surface area contributed by atoms with Crippen LogP contribution in [-0.2, 0) is 11.0 Å². The van der Waals surface area contributed by atoms with Crippen molar-refractivity contribution in [3.05, 3.63) is 53.2 Å². The topological polar surface area (TPSA) is 109 Å². The number of hydrogen-bond donors (Lipinski definition) is 2. The third kappa shape index (κ3) is 5.31. The molecule has 1 aromatic carbocycles. The summed E-state index contributed by atoms with van der Waals surface area (Å²) < 4.78 is 20.2. The predicted molar refractivity (Wildman–Crippen MR) is 139 cm³/mol. The summed E-state index contributed by atoms with van der Waals surface area (Å²) in [4.78, 5) is 18.0. The molecular formula is C26H34N5O4P. The molecule has 0 radical (unpaired) electrons. The molecule has 3 heterocycles. The van der Waals surface area contributed by atoms with Crippen molar-refractivity contribution in [2.75, 3.05) is 11.9 Å². The maximum Gasteiger partial charge on any atom is 0.407 e. The molecule has 2 atom stereocenters. The van der Waals surface area contributed by atoms with Crippen molar-refractivity contribution in [1.82, 2.24) is 19.5 Å². The highest BCUT2D eigenvalue weighted by molar-refractivity contribution is 7.24. The Balaban J connectivity index is 1.69. The van der Waals surface area contributed by atoms with E-state index in [4.69, 9.17) is 9.72 Å². The van der Waals surface area contributed by atoms with Gasteiger partial charge in [0.25, 0.3) is 0 Å². The Bertz CT molecular complexity index is 1260. The van der Waals surface area contributed by atoms with Crippen molar-refractivity contribution in [2.45, 2.75) is 77.2 Å². The number of benzene rings is 1. The fraction of sp³-hybridized carbons (Fsp3) is 0.500. The number of hydrogen-bond acceptors (Lipinski definition) is 6. The van der Waals surface area contributed by atoms with Crippen molar-refractivity contribution in [3.8, 4) is 5.88 Å². The van der Waals surface area contributed by atoms with E-state index in [1.807, 2.05) is 38.1 Å². The van der Waals surface area contributed by atoms with Crippen LogP contribution in [0.3, 0.4) is 0 Å². The van der Waals surface area contributed by atoms with Crippen LogP contribution in [0.25, 0.3) is 5.65 Å². The summed E-state index contributed by atoms with van der Waals surface area (Å²) in [5.74, 6) is 0.680. The zero-order valence-electron chi connectivity index (χ0n) is 21.4. The summed E-state index contributed by atoms with van der Waals surface area (Å²) in [6.45, 7) is 10.4. The Kier molecular flexibility index (Phi) is 7.50. The summed E-state index contributed by atoms with van der Waals surface area (Å²) in [5, 5.41) is 17.6. The second-order valence-electron chi connectivity index (χ2n) is 10.2. The fourth-order valence-electron chi connectivity index (χ4n) is 4.62. The lowest BCUT2D eigenvalue weighted by Gasteiger charge is -2.43. The van der Waals surface area contributed by atoms with Crippen molar-refractivity contribution >= 4 is 26.0 Å². The van der Waals surface area contributed by atoms with E-state index in [1.54, 1.807) is 16.8 Å². The predicted octanol–water partition coefficient (Wildman–Crippen LogP) is 6.12. The molecule has 0 bridgehead atoms. The summed E-state index contributed by atoms with van der Waals surface area (Å²) in [5.41, 5.74) is 3.24. The molecule has 1 fully saturated rings. The Morgan fingerprint density at radius 1 is 1.33 bits per heavy atom. The number of carboxylic acid groups (broad SMARTS) is 1. The number of nitrogens with zero attached hydrogens (tertiary/aromatic N) is 4. The van der Waals surface area contributed by atoms with Gasteiger partial charge in [-0.2, -0.15) is 14.6 Å². The monoisotopic (exact) mass is 511 g/mol. The van der Waals surface area contributed by atoms with E-state index in [9.17, 15) is 14.5 Å². The number of anilines is 1. The van der Waals surface area contributed by atoms with Gasteiger partial charge >= 0.3 is 6.09 Å². The van der Waals surface area contributed by atoms with Gasteiger partial charge < -0.3 is 15.2 Å². The second-order valence-corrected chi connectivity index (χ2v) is 10.9. The molecule has 0 saturated carbocycles. The highest BCUT2D eigenvalue weighted by atomic mass is 31.1. The Labute approximate surface area is 213 Å². The first-order valence-electron chi connectivity index (χ1n) is 12.4. The van der Waals surface area contributed by atoms with E-state index in [0.29, 0.717) is 30.2 Å². The lowest BCUT2D eigenvalue weighted by Crippen LogP contribution is -2.55. The lowest BCUT2D eigenvalue weighted by molar-refractivity contribution is 0.0131. The number of fused-ring (bicyclic) bond motifs is 1. The molecule has 2 aromatic heterocycles. The molecule has 1 aliphatic rings. The van der Waals surface area contributed by atoms with E-state index in [-0.39, 0.29) is 27.0 Å². The largest absolute Gasteiger partial charge is 0.472 e. The number of aryl methyl sites for hydroxylation is 1. The third-order valence-electron chi connectivity index (χ3n) is 6.88. The molecule has 1 amide bonds. The third-order valence-corrected chi connectivity index (χ3v) is 7.51. The van der Waals surface area contributed by atoms with Crippen molar-refractivity contribution in [1.29, 1.82) is 0 Å². The molecule has 2 unspecified atom stereocenters. The minimum Gasteiger partial charge on any atom is -0.472 e. The zero-order valence-corrected chi connectivity index (χ0v) is 22.3. The smallest absolute Gasteiger partial charge is 0.407 e. The van der Waals surface area contributed by atoms with Gasteiger partial charge in [-0.05, 0) is 50.2 Å². The molecule has 1 saturated heterocycles. The molecule has 192 valence electrons. The van der Waals surface area contributed by atoms with Crippen LogP contribution in [0.5, 0.6) is 5.88 Å². The molecule has 9 nitrogen and oxygen atoms in total. The van der Waals surface area contributed by atoms with Crippen LogP contribution in [-0.4, -0.2) is 48.9 Å². The molecule has 3 aromatic rings. The first-order chi connectivity index (χ1) is 17.1. The average molecular weight is 512 g/mol. The molecular weight excluding hydrogens is 477 g/mol. The number of aromatic nitrogens is 3. The van der Waals surface area contributed by atoms with Gasteiger partial charge in [0.05, 0.1) is 12.7 Å². The summed E-state index contributed by atoms with van der Waals surface area (Å²) in [6.07, 6.45) is 2.80. The van der Waals surface area contributed by atoms with Crippen LogP contribution in [0.4, 0.5) is 10.6 Å². The van der Waals surface area contributed by atoms with Crippen molar-refractivity contribution in [3.63, 3.8) is 0 Å². The first kappa shape index (κ1) is 25.9. The first-order valence-corrected chi connectivity index (χ1v) is 13.2. The quantitative estimate of drug-likeness (QED) is 0.351. The standard InChI is InChI=1S/C26H34N5O4P/c1-6-17-8-7-9-18(12-17)24(36-34)28-21-13-22(29-23-20(16(2)3)14-27-31(21)23)35-19-10-11-26(4,5)30(15-19)25(32)33/h7-9,12-14,16,19,24,28H,6,10-11,15H2,1-5H3,(H,32,33). The van der Waals surface area contributed by atoms with E-state index >= 15 is 0 Å². The highest BCUT2D eigenvalue weighted by Gasteiger charge is 2.38. The number of carbonyl (C=O) groups is 1. The van der Waals surface area contributed by atoms with Crippen molar-refractivity contribution < 1.29 is 19.2 Å². The second kappa shape index (κ2) is 10.4. The van der Waals surface area contributed by atoms with Crippen LogP contribution >= 0.6 is 8.46 Å². The van der Waals surface area contributed by atoms with Crippen LogP contribution in [0.2, 0.25) is 0 Å². The van der Waals surface area contributed by atoms with Gasteiger partial charge in [0.2, 0.25) is 5.88 Å². The van der Waals surface area contributed by atoms with Gasteiger partial charge in [-0.1, -0.05) is 45.0 Å². The maximum absolute atomic E-state index is 12.2. The summed E-state index contributed by atoms with van der Waals surface area (Å²) in [7, 11) is -0.0776. The number of rotatable bonds is 8. The fourth-order valence-corrected chi connectivity index (χ4v) is 5.08. The van der Waals surface area contributed by atoms with E-state index < -0.39 is 17.4 Å². The summed E-state index contributed by atoms with van der Waals surface area (Å²) in [6, 6.07) is 9.76. The average Bonchev–Trinajstić information content (AvgIpc) is 3.28. The van der Waals surface area contributed by atoms with Crippen LogP contribution in [0, 0.1) is 0 Å². The minimum absolute atomic E-state index is 0.0776. The van der Waals surface area contributed by atoms with Crippen LogP contribution < -0.4 is 10.1 Å². The molecule has 0 aliphatic carbocycles. The van der Waals surface area contributed by atoms with Crippen LogP contribution in [0.15, 0.2) is 36.5 Å². The number of ether oxygens (including phenoxy) is 1. The summed E-state index contributed by atoms with van der Waals surface area (Å²) >= 11 is 0. The van der Waals surface area contributed by atoms with Gasteiger partial charge in [0.15, 0.2) is 14.1 Å². The van der Waals surface area contributed by atoms with E-state index in [2.05, 4.69) is 31.2 Å². The van der Waals surface area contributed by atoms with Gasteiger partial charge in [-0.25, -0.2) is 4.79 Å². The Morgan fingerprint density at radius 2 is 2.11 bits per heavy atom. The molecule has 36 heavy (non-hydrogen) atoms. The van der Waals surface area contributed by atoms with Gasteiger partial charge in [-0.3, -0.25) is 9.46 Å². The maximum atomic E-state index is 12.2. The normalized spacial score (nSPS) is 18.5. The molecule has 4 rings (SSSR count). The highest BCUT2D eigenvalue weighted by Crippen LogP contribution is 2.34. The number of piperidine rings is 1. The number of nitrogens with one attached hydrogen (secondary N) is 1. The van der Waals surface area contributed by atoms with Crippen molar-refractivity contribution in [2.24, 2.45) is 0 Å². The Hall–Kier alpha value is -3.19. The van der Waals surface area contributed by atoms with E-state index in [1.165, 1.54) is 4.90 Å². The lowest BCUT2D eigenvalue weighted by atomic mass is 9.89. The van der Waals surface area contributed by atoms with Gasteiger partial charge in [0, 0.05) is 17.2 Å². The molecule has 0 spiro atoms. The Morgan fingerprint density at radius 3 is 2.78 bits per heavy atom. The molecule has 10 heteroatoms. The molecule has 2 N–H and O–H groups in total. The van der Waals surface area contributed by atoms with Gasteiger partial charge in [0.1, 0.15) is 17.7 Å². The SMILES string of the molecule is CCc1cccc(C(Nc2cc(OC3CCC(C)(C)N(C(=O)O)C3)nc3c(C(C)C)cnn23)P=O)c1. The minimum atomic E-state index is -0.955. The zero-order chi connectivity index (χ0) is 26.0. The van der Waals surface area contributed by atoms with Crippen LogP contribution in [0.1, 0.15) is 75.9 Å². The number of likely N-dealkylation sites (tertiary alicyclic amines) is 1. The van der Waals surface area contributed by atoms with E-state index in [0.717, 1.165) is 23.1 Å². The number of amides is 1. The van der Waals surface area contributed by atoms with Gasteiger partial charge in [-0.15, -0.1) is 0 Å².